The molecule has 4 heteroatoms. The van der Waals surface area contributed by atoms with Crippen LogP contribution in [0.25, 0.3) is 11.6 Å². The first-order valence-corrected chi connectivity index (χ1v) is 9.75. The number of ether oxygens (including phenoxy) is 1. The standard InChI is InChI=1S/C23H24ClFO2/c1-3-27-23(26)13-16-7-8-17-9-10-18(14-19(17)12-16)15(2)11-20-21(24)5-4-6-22(20)25/h4-6,9-11,14,16H,3,7-8,12-13H2,1-2H3/b15-11+. The zero-order valence-corrected chi connectivity index (χ0v) is 16.5. The second-order valence-corrected chi connectivity index (χ2v) is 7.47. The third kappa shape index (κ3) is 4.78. The van der Waals surface area contributed by atoms with Crippen LogP contribution in [0.15, 0.2) is 36.4 Å². The molecule has 0 heterocycles. The van der Waals surface area contributed by atoms with Crippen molar-refractivity contribution in [3.63, 3.8) is 0 Å². The van der Waals surface area contributed by atoms with Gasteiger partial charge in [0.15, 0.2) is 0 Å². The lowest BCUT2D eigenvalue weighted by atomic mass is 9.81. The molecule has 0 aromatic heterocycles. The van der Waals surface area contributed by atoms with Crippen molar-refractivity contribution in [2.45, 2.75) is 39.5 Å². The molecule has 0 bridgehead atoms. The minimum absolute atomic E-state index is 0.118. The number of hydrogen-bond acceptors (Lipinski definition) is 2. The van der Waals surface area contributed by atoms with Crippen molar-refractivity contribution in [2.75, 3.05) is 6.61 Å². The van der Waals surface area contributed by atoms with E-state index in [0.29, 0.717) is 29.5 Å². The fourth-order valence-corrected chi connectivity index (χ4v) is 3.87. The van der Waals surface area contributed by atoms with E-state index in [1.54, 1.807) is 18.2 Å². The molecule has 0 spiro atoms. The van der Waals surface area contributed by atoms with E-state index in [1.165, 1.54) is 17.2 Å². The van der Waals surface area contributed by atoms with Crippen LogP contribution < -0.4 is 0 Å². The van der Waals surface area contributed by atoms with E-state index in [4.69, 9.17) is 16.3 Å². The van der Waals surface area contributed by atoms with Crippen LogP contribution in [0.5, 0.6) is 0 Å². The number of aryl methyl sites for hydroxylation is 1. The van der Waals surface area contributed by atoms with Crippen LogP contribution >= 0.6 is 11.6 Å². The number of benzene rings is 2. The van der Waals surface area contributed by atoms with E-state index in [9.17, 15) is 9.18 Å². The highest BCUT2D eigenvalue weighted by Gasteiger charge is 2.22. The summed E-state index contributed by atoms with van der Waals surface area (Å²) in [6, 6.07) is 11.1. The van der Waals surface area contributed by atoms with Gasteiger partial charge >= 0.3 is 5.97 Å². The van der Waals surface area contributed by atoms with Gasteiger partial charge in [-0.25, -0.2) is 4.39 Å². The second-order valence-electron chi connectivity index (χ2n) is 7.06. The van der Waals surface area contributed by atoms with Crippen molar-refractivity contribution in [1.82, 2.24) is 0 Å². The molecule has 3 rings (SSSR count). The molecular weight excluding hydrogens is 363 g/mol. The fraction of sp³-hybridized carbons (Fsp3) is 0.348. The van der Waals surface area contributed by atoms with E-state index in [2.05, 4.69) is 18.2 Å². The summed E-state index contributed by atoms with van der Waals surface area (Å²) in [5.74, 6) is -0.126. The van der Waals surface area contributed by atoms with Crippen LogP contribution in [0, 0.1) is 11.7 Å². The topological polar surface area (TPSA) is 26.3 Å². The number of carbonyl (C=O) groups excluding carboxylic acids is 1. The number of halogens is 2. The number of hydrogen-bond donors (Lipinski definition) is 0. The predicted molar refractivity (Wildman–Crippen MR) is 108 cm³/mol. The normalized spacial score (nSPS) is 16.7. The maximum Gasteiger partial charge on any atom is 0.306 e. The van der Waals surface area contributed by atoms with Gasteiger partial charge in [0.2, 0.25) is 0 Å². The Bertz CT molecular complexity index is 852. The zero-order valence-electron chi connectivity index (χ0n) is 15.7. The molecule has 0 aliphatic heterocycles. The third-order valence-corrected chi connectivity index (χ3v) is 5.44. The van der Waals surface area contributed by atoms with E-state index >= 15 is 0 Å². The molecule has 0 radical (unpaired) electrons. The van der Waals surface area contributed by atoms with Crippen molar-refractivity contribution < 1.29 is 13.9 Å². The minimum atomic E-state index is -0.325. The van der Waals surface area contributed by atoms with Gasteiger partial charge in [0.05, 0.1) is 11.6 Å². The fourth-order valence-electron chi connectivity index (χ4n) is 3.66. The van der Waals surface area contributed by atoms with Crippen molar-refractivity contribution in [3.05, 3.63) is 69.5 Å². The van der Waals surface area contributed by atoms with Crippen LogP contribution in [-0.4, -0.2) is 12.6 Å². The van der Waals surface area contributed by atoms with Crippen molar-refractivity contribution in [2.24, 2.45) is 5.92 Å². The third-order valence-electron chi connectivity index (χ3n) is 5.11. The summed E-state index contributed by atoms with van der Waals surface area (Å²) in [6.45, 7) is 4.22. The number of carbonyl (C=O) groups is 1. The lowest BCUT2D eigenvalue weighted by Gasteiger charge is -2.24. The molecule has 0 fully saturated rings. The maximum atomic E-state index is 14.1. The first-order valence-electron chi connectivity index (χ1n) is 9.38. The summed E-state index contributed by atoms with van der Waals surface area (Å²) < 4.78 is 19.1. The lowest BCUT2D eigenvalue weighted by Crippen LogP contribution is -2.19. The van der Waals surface area contributed by atoms with Crippen LogP contribution in [0.2, 0.25) is 5.02 Å². The summed E-state index contributed by atoms with van der Waals surface area (Å²) in [5, 5.41) is 0.404. The first-order chi connectivity index (χ1) is 13.0. The van der Waals surface area contributed by atoms with Crippen LogP contribution in [0.3, 0.4) is 0 Å². The highest BCUT2D eigenvalue weighted by atomic mass is 35.5. The Balaban J connectivity index is 1.81. The molecule has 0 saturated carbocycles. The number of allylic oxidation sites excluding steroid dienone is 1. The minimum Gasteiger partial charge on any atom is -0.466 e. The van der Waals surface area contributed by atoms with Gasteiger partial charge in [0.25, 0.3) is 0 Å². The molecule has 1 unspecified atom stereocenters. The van der Waals surface area contributed by atoms with E-state index in [1.807, 2.05) is 13.8 Å². The monoisotopic (exact) mass is 386 g/mol. The Hall–Kier alpha value is -2.13. The first kappa shape index (κ1) is 19.6. The van der Waals surface area contributed by atoms with E-state index in [-0.39, 0.29) is 11.8 Å². The molecule has 1 aliphatic rings. The average molecular weight is 387 g/mol. The summed E-state index contributed by atoms with van der Waals surface area (Å²) >= 11 is 6.14. The highest BCUT2D eigenvalue weighted by molar-refractivity contribution is 6.32. The molecule has 0 amide bonds. The smallest absolute Gasteiger partial charge is 0.306 e. The van der Waals surface area contributed by atoms with Gasteiger partial charge in [0.1, 0.15) is 5.82 Å². The largest absolute Gasteiger partial charge is 0.466 e. The molecule has 0 saturated heterocycles. The maximum absolute atomic E-state index is 14.1. The van der Waals surface area contributed by atoms with Crippen LogP contribution in [-0.2, 0) is 22.4 Å². The molecular formula is C23H24ClFO2. The van der Waals surface area contributed by atoms with Crippen molar-refractivity contribution in [1.29, 1.82) is 0 Å². The Morgan fingerprint density at radius 1 is 1.30 bits per heavy atom. The quantitative estimate of drug-likeness (QED) is 0.458. The summed E-state index contributed by atoms with van der Waals surface area (Å²) in [6.07, 6.45) is 5.11. The van der Waals surface area contributed by atoms with E-state index in [0.717, 1.165) is 30.4 Å². The number of rotatable bonds is 5. The SMILES string of the molecule is CCOC(=O)CC1CCc2ccc(/C(C)=C/c3c(F)cccc3Cl)cc2C1. The van der Waals surface area contributed by atoms with E-state index < -0.39 is 0 Å². The van der Waals surface area contributed by atoms with Gasteiger partial charge in [-0.1, -0.05) is 35.9 Å². The number of fused-ring (bicyclic) bond motifs is 1. The Morgan fingerprint density at radius 2 is 2.11 bits per heavy atom. The zero-order chi connectivity index (χ0) is 19.4. The highest BCUT2D eigenvalue weighted by Crippen LogP contribution is 2.31. The average Bonchev–Trinajstić information content (AvgIpc) is 2.64. The van der Waals surface area contributed by atoms with Gasteiger partial charge in [-0.05, 0) is 79.5 Å². The molecule has 27 heavy (non-hydrogen) atoms. The summed E-state index contributed by atoms with van der Waals surface area (Å²) in [5.41, 5.74) is 5.01. The van der Waals surface area contributed by atoms with Gasteiger partial charge in [-0.15, -0.1) is 0 Å². The van der Waals surface area contributed by atoms with Crippen molar-refractivity contribution >= 4 is 29.2 Å². The molecule has 1 atom stereocenters. The van der Waals surface area contributed by atoms with Gasteiger partial charge < -0.3 is 4.74 Å². The molecule has 0 N–H and O–H groups in total. The Labute approximate surface area is 165 Å². The summed E-state index contributed by atoms with van der Waals surface area (Å²) in [4.78, 5) is 11.8. The Kier molecular flexibility index (Phi) is 6.33. The number of esters is 1. The van der Waals surface area contributed by atoms with Crippen LogP contribution in [0.1, 0.15) is 48.9 Å². The van der Waals surface area contributed by atoms with Gasteiger partial charge in [-0.3, -0.25) is 4.79 Å². The summed E-state index contributed by atoms with van der Waals surface area (Å²) in [7, 11) is 0. The lowest BCUT2D eigenvalue weighted by molar-refractivity contribution is -0.144. The molecule has 1 aliphatic carbocycles. The molecule has 2 nitrogen and oxygen atoms in total. The molecule has 142 valence electrons. The van der Waals surface area contributed by atoms with Crippen LogP contribution in [0.4, 0.5) is 4.39 Å². The Morgan fingerprint density at radius 3 is 2.85 bits per heavy atom. The van der Waals surface area contributed by atoms with Gasteiger partial charge in [0, 0.05) is 12.0 Å². The molecule has 2 aromatic carbocycles. The predicted octanol–water partition coefficient (Wildman–Crippen LogP) is 6.10. The van der Waals surface area contributed by atoms with Gasteiger partial charge in [-0.2, -0.15) is 0 Å². The second kappa shape index (κ2) is 8.71. The molecule has 2 aromatic rings. The van der Waals surface area contributed by atoms with Crippen molar-refractivity contribution in [3.8, 4) is 0 Å².